The van der Waals surface area contributed by atoms with Crippen LogP contribution >= 0.6 is 11.6 Å². The molecule has 0 aliphatic heterocycles. The lowest BCUT2D eigenvalue weighted by atomic mass is 10.2. The lowest BCUT2D eigenvalue weighted by Gasteiger charge is -2.05. The Kier molecular flexibility index (Phi) is 5.04. The maximum Gasteiger partial charge on any atom is 0.287 e. The fraction of sp³-hybridized carbons (Fsp3) is 0.105. The minimum atomic E-state index is -0.420. The molecule has 0 spiro atoms. The highest BCUT2D eigenvalue weighted by molar-refractivity contribution is 6.31. The van der Waals surface area contributed by atoms with Crippen molar-refractivity contribution in [1.29, 1.82) is 0 Å². The van der Waals surface area contributed by atoms with Crippen LogP contribution in [0.4, 0.5) is 5.69 Å². The van der Waals surface area contributed by atoms with E-state index in [2.05, 4.69) is 22.2 Å². The number of hydrogen-bond acceptors (Lipinski definition) is 3. The molecule has 0 bridgehead atoms. The van der Waals surface area contributed by atoms with Crippen molar-refractivity contribution in [1.82, 2.24) is 14.7 Å². The molecule has 0 radical (unpaired) electrons. The highest BCUT2D eigenvalue weighted by Crippen LogP contribution is 2.21. The van der Waals surface area contributed by atoms with Gasteiger partial charge in [0.1, 0.15) is 0 Å². The second-order valence-corrected chi connectivity index (χ2v) is 6.06. The van der Waals surface area contributed by atoms with E-state index in [0.717, 1.165) is 5.56 Å². The minimum absolute atomic E-state index is 0.134. The first-order valence-corrected chi connectivity index (χ1v) is 8.32. The largest absolute Gasteiger partial charge is 0.346 e. The third-order valence-electron chi connectivity index (χ3n) is 3.80. The van der Waals surface area contributed by atoms with Crippen molar-refractivity contribution in [2.45, 2.75) is 6.92 Å². The minimum Gasteiger partial charge on any atom is -0.346 e. The number of pyridine rings is 1. The summed E-state index contributed by atoms with van der Waals surface area (Å²) in [5, 5.41) is 5.99. The molecular formula is C19H17ClN4O2. The standard InChI is InChI=1S/C19H17ClN4O2/c1-3-9-21-19(26)17-23-16(15-6-4-5-10-24(15)17)18(25)22-13-8-7-12(2)14(20)11-13/h3-8,10-11H,1,9H2,2H3,(H,21,26)(H,22,25). The van der Waals surface area contributed by atoms with E-state index >= 15 is 0 Å². The van der Waals surface area contributed by atoms with Gasteiger partial charge in [-0.2, -0.15) is 0 Å². The smallest absolute Gasteiger partial charge is 0.287 e. The van der Waals surface area contributed by atoms with Crippen molar-refractivity contribution < 1.29 is 9.59 Å². The van der Waals surface area contributed by atoms with Gasteiger partial charge in [-0.15, -0.1) is 6.58 Å². The summed E-state index contributed by atoms with van der Waals surface area (Å²) >= 11 is 6.10. The summed E-state index contributed by atoms with van der Waals surface area (Å²) in [6, 6.07) is 10.5. The second kappa shape index (κ2) is 7.41. The molecule has 0 saturated heterocycles. The van der Waals surface area contributed by atoms with Gasteiger partial charge in [0.2, 0.25) is 5.82 Å². The van der Waals surface area contributed by atoms with Crippen LogP contribution in [0, 0.1) is 6.92 Å². The number of benzene rings is 1. The van der Waals surface area contributed by atoms with Crippen molar-refractivity contribution in [2.24, 2.45) is 0 Å². The van der Waals surface area contributed by atoms with Crippen LogP contribution in [0.15, 0.2) is 55.3 Å². The Balaban J connectivity index is 1.96. The Morgan fingerprint density at radius 1 is 1.27 bits per heavy atom. The number of fused-ring (bicyclic) bond motifs is 1. The first kappa shape index (κ1) is 17.7. The van der Waals surface area contributed by atoms with Gasteiger partial charge in [-0.25, -0.2) is 4.98 Å². The third kappa shape index (κ3) is 3.45. The quantitative estimate of drug-likeness (QED) is 0.677. The van der Waals surface area contributed by atoms with Gasteiger partial charge in [0, 0.05) is 23.5 Å². The zero-order chi connectivity index (χ0) is 18.7. The predicted molar refractivity (Wildman–Crippen MR) is 102 cm³/mol. The van der Waals surface area contributed by atoms with E-state index in [0.29, 0.717) is 22.8 Å². The monoisotopic (exact) mass is 368 g/mol. The number of aryl methyl sites for hydroxylation is 1. The number of anilines is 1. The first-order chi connectivity index (χ1) is 12.5. The van der Waals surface area contributed by atoms with Crippen LogP contribution in [0.3, 0.4) is 0 Å². The number of carbonyl (C=O) groups is 2. The number of amides is 2. The Morgan fingerprint density at radius 3 is 2.81 bits per heavy atom. The molecule has 26 heavy (non-hydrogen) atoms. The van der Waals surface area contributed by atoms with E-state index in [-0.39, 0.29) is 17.4 Å². The highest BCUT2D eigenvalue weighted by atomic mass is 35.5. The van der Waals surface area contributed by atoms with Gasteiger partial charge in [-0.3, -0.25) is 14.0 Å². The molecule has 0 aliphatic rings. The Morgan fingerprint density at radius 2 is 2.08 bits per heavy atom. The molecule has 6 nitrogen and oxygen atoms in total. The van der Waals surface area contributed by atoms with Crippen molar-refractivity contribution >= 4 is 34.6 Å². The van der Waals surface area contributed by atoms with Crippen LogP contribution in [0.5, 0.6) is 0 Å². The molecule has 0 unspecified atom stereocenters. The molecule has 0 saturated carbocycles. The maximum absolute atomic E-state index is 12.7. The molecule has 0 atom stereocenters. The van der Waals surface area contributed by atoms with E-state index < -0.39 is 5.91 Å². The molecule has 2 amide bonds. The van der Waals surface area contributed by atoms with Crippen LogP contribution in [-0.2, 0) is 0 Å². The number of aromatic nitrogens is 2. The van der Waals surface area contributed by atoms with Gasteiger partial charge in [0.05, 0.1) is 5.52 Å². The number of halogens is 1. The molecule has 2 N–H and O–H groups in total. The molecule has 0 aliphatic carbocycles. The van der Waals surface area contributed by atoms with Gasteiger partial charge in [-0.1, -0.05) is 29.8 Å². The SMILES string of the molecule is C=CCNC(=O)c1nc(C(=O)Nc2ccc(C)c(Cl)c2)c2ccccn12. The number of nitrogens with zero attached hydrogens (tertiary/aromatic N) is 2. The summed E-state index contributed by atoms with van der Waals surface area (Å²) in [4.78, 5) is 29.2. The molecule has 7 heteroatoms. The van der Waals surface area contributed by atoms with Crippen LogP contribution in [0.1, 0.15) is 26.7 Å². The van der Waals surface area contributed by atoms with E-state index in [1.54, 1.807) is 47.0 Å². The average molecular weight is 369 g/mol. The fourth-order valence-electron chi connectivity index (χ4n) is 2.47. The van der Waals surface area contributed by atoms with Gasteiger partial charge in [0.25, 0.3) is 11.8 Å². The average Bonchev–Trinajstić information content (AvgIpc) is 3.03. The van der Waals surface area contributed by atoms with Gasteiger partial charge >= 0.3 is 0 Å². The summed E-state index contributed by atoms with van der Waals surface area (Å²) in [5.41, 5.74) is 2.16. The normalized spacial score (nSPS) is 10.5. The molecular weight excluding hydrogens is 352 g/mol. The summed E-state index contributed by atoms with van der Waals surface area (Å²) in [6.07, 6.45) is 3.26. The van der Waals surface area contributed by atoms with Crippen molar-refractivity contribution in [2.75, 3.05) is 11.9 Å². The van der Waals surface area contributed by atoms with Gasteiger partial charge in [0.15, 0.2) is 5.69 Å². The summed E-state index contributed by atoms with van der Waals surface area (Å²) in [6.45, 7) is 5.75. The number of imidazole rings is 1. The zero-order valence-corrected chi connectivity index (χ0v) is 14.9. The lowest BCUT2D eigenvalue weighted by molar-refractivity contribution is 0.0947. The lowest BCUT2D eigenvalue weighted by Crippen LogP contribution is -2.25. The molecule has 132 valence electrons. The topological polar surface area (TPSA) is 75.5 Å². The van der Waals surface area contributed by atoms with Crippen LogP contribution in [0.25, 0.3) is 5.52 Å². The second-order valence-electron chi connectivity index (χ2n) is 5.66. The van der Waals surface area contributed by atoms with Crippen LogP contribution in [-0.4, -0.2) is 27.7 Å². The third-order valence-corrected chi connectivity index (χ3v) is 4.21. The van der Waals surface area contributed by atoms with Crippen molar-refractivity contribution in [3.05, 3.63) is 77.4 Å². The Bertz CT molecular complexity index is 1010. The Hall–Kier alpha value is -3.12. The number of hydrogen-bond donors (Lipinski definition) is 2. The molecule has 2 aromatic heterocycles. The summed E-state index contributed by atoms with van der Waals surface area (Å²) in [7, 11) is 0. The van der Waals surface area contributed by atoms with Gasteiger partial charge in [-0.05, 0) is 36.8 Å². The number of rotatable bonds is 5. The van der Waals surface area contributed by atoms with E-state index in [1.165, 1.54) is 0 Å². The predicted octanol–water partition coefficient (Wildman–Crippen LogP) is 3.46. The maximum atomic E-state index is 12.7. The molecule has 3 rings (SSSR count). The molecule has 0 fully saturated rings. The van der Waals surface area contributed by atoms with Crippen molar-refractivity contribution in [3.8, 4) is 0 Å². The molecule has 3 aromatic rings. The van der Waals surface area contributed by atoms with Crippen molar-refractivity contribution in [3.63, 3.8) is 0 Å². The highest BCUT2D eigenvalue weighted by Gasteiger charge is 2.21. The molecule has 2 heterocycles. The van der Waals surface area contributed by atoms with Gasteiger partial charge < -0.3 is 10.6 Å². The van der Waals surface area contributed by atoms with E-state index in [1.807, 2.05) is 13.0 Å². The summed E-state index contributed by atoms with van der Waals surface area (Å²) < 4.78 is 1.58. The number of nitrogens with one attached hydrogen (secondary N) is 2. The van der Waals surface area contributed by atoms with Crippen LogP contribution < -0.4 is 10.6 Å². The van der Waals surface area contributed by atoms with Crippen LogP contribution in [0.2, 0.25) is 5.02 Å². The number of carbonyl (C=O) groups excluding carboxylic acids is 2. The summed E-state index contributed by atoms with van der Waals surface area (Å²) in [5.74, 6) is -0.672. The zero-order valence-electron chi connectivity index (χ0n) is 14.1. The fourth-order valence-corrected chi connectivity index (χ4v) is 2.65. The molecule has 1 aromatic carbocycles. The van der Waals surface area contributed by atoms with E-state index in [9.17, 15) is 9.59 Å². The van der Waals surface area contributed by atoms with E-state index in [4.69, 9.17) is 11.6 Å². The first-order valence-electron chi connectivity index (χ1n) is 7.95. The Labute approximate surface area is 155 Å².